The monoisotopic (exact) mass is 289 g/mol. The standard InChI is InChI=1S/C16H23N3O2/c1-16(2,11-19-15-17-6-3-7-18-15)12-4-5-13-14(10-12)21-9-8-20-13/h4-5,10H,3,6-9,11H2,1-2H3,(H2,17,18,19). The molecule has 5 heteroatoms. The number of guanidine groups is 1. The fourth-order valence-corrected chi connectivity index (χ4v) is 2.52. The van der Waals surface area contributed by atoms with Crippen LogP contribution < -0.4 is 20.1 Å². The van der Waals surface area contributed by atoms with E-state index in [1.54, 1.807) is 0 Å². The van der Waals surface area contributed by atoms with Crippen LogP contribution in [0.2, 0.25) is 0 Å². The maximum absolute atomic E-state index is 5.67. The van der Waals surface area contributed by atoms with Gasteiger partial charge in [-0.05, 0) is 24.1 Å². The lowest BCUT2D eigenvalue weighted by Gasteiger charge is -2.29. The molecule has 0 aromatic heterocycles. The summed E-state index contributed by atoms with van der Waals surface area (Å²) >= 11 is 0. The number of hydrogen-bond donors (Lipinski definition) is 2. The molecule has 1 aromatic carbocycles. The number of benzene rings is 1. The van der Waals surface area contributed by atoms with Gasteiger partial charge in [-0.25, -0.2) is 0 Å². The van der Waals surface area contributed by atoms with Crippen molar-refractivity contribution in [1.29, 1.82) is 0 Å². The molecule has 0 amide bonds. The SMILES string of the molecule is CC(C)(CNC1=NCCCN1)c1ccc2c(c1)OCCO2. The van der Waals surface area contributed by atoms with Crippen molar-refractivity contribution in [2.24, 2.45) is 4.99 Å². The second-order valence-electron chi connectivity index (χ2n) is 6.11. The third-order valence-electron chi connectivity index (χ3n) is 3.92. The molecule has 21 heavy (non-hydrogen) atoms. The summed E-state index contributed by atoms with van der Waals surface area (Å²) < 4.78 is 11.2. The predicted molar refractivity (Wildman–Crippen MR) is 83.4 cm³/mol. The van der Waals surface area contributed by atoms with Crippen molar-refractivity contribution < 1.29 is 9.47 Å². The van der Waals surface area contributed by atoms with Crippen molar-refractivity contribution in [3.63, 3.8) is 0 Å². The van der Waals surface area contributed by atoms with Crippen LogP contribution in [0.3, 0.4) is 0 Å². The average Bonchev–Trinajstić information content (AvgIpc) is 2.53. The molecule has 0 spiro atoms. The highest BCUT2D eigenvalue weighted by molar-refractivity contribution is 5.80. The summed E-state index contributed by atoms with van der Waals surface area (Å²) in [5.41, 5.74) is 1.22. The molecule has 2 heterocycles. The van der Waals surface area contributed by atoms with E-state index in [9.17, 15) is 0 Å². The van der Waals surface area contributed by atoms with E-state index in [-0.39, 0.29) is 5.41 Å². The van der Waals surface area contributed by atoms with Gasteiger partial charge in [0.15, 0.2) is 17.5 Å². The molecule has 0 aliphatic carbocycles. The molecular weight excluding hydrogens is 266 g/mol. The van der Waals surface area contributed by atoms with Crippen molar-refractivity contribution in [2.45, 2.75) is 25.7 Å². The van der Waals surface area contributed by atoms with E-state index in [0.29, 0.717) is 13.2 Å². The lowest BCUT2D eigenvalue weighted by atomic mass is 9.84. The minimum Gasteiger partial charge on any atom is -0.486 e. The first-order valence-corrected chi connectivity index (χ1v) is 7.57. The van der Waals surface area contributed by atoms with Gasteiger partial charge < -0.3 is 20.1 Å². The molecule has 0 saturated carbocycles. The fourth-order valence-electron chi connectivity index (χ4n) is 2.52. The number of hydrogen-bond acceptors (Lipinski definition) is 5. The van der Waals surface area contributed by atoms with Gasteiger partial charge in [-0.15, -0.1) is 0 Å². The largest absolute Gasteiger partial charge is 0.486 e. The Morgan fingerprint density at radius 1 is 1.24 bits per heavy atom. The maximum Gasteiger partial charge on any atom is 0.191 e. The normalized spacial score (nSPS) is 17.7. The van der Waals surface area contributed by atoms with Crippen molar-refractivity contribution >= 4 is 5.96 Å². The minimum atomic E-state index is -0.0164. The molecule has 3 rings (SSSR count). The van der Waals surface area contributed by atoms with Gasteiger partial charge in [-0.3, -0.25) is 4.99 Å². The second-order valence-corrected chi connectivity index (χ2v) is 6.11. The summed E-state index contributed by atoms with van der Waals surface area (Å²) in [5, 5.41) is 6.69. The van der Waals surface area contributed by atoms with Crippen molar-refractivity contribution in [2.75, 3.05) is 32.8 Å². The van der Waals surface area contributed by atoms with Gasteiger partial charge in [0.2, 0.25) is 0 Å². The quantitative estimate of drug-likeness (QED) is 0.889. The Bertz CT molecular complexity index is 540. The molecule has 1 aromatic rings. The Labute approximate surface area is 125 Å². The first kappa shape index (κ1) is 14.0. The molecule has 0 atom stereocenters. The number of fused-ring (bicyclic) bond motifs is 1. The molecule has 5 nitrogen and oxygen atoms in total. The zero-order valence-electron chi connectivity index (χ0n) is 12.7. The van der Waals surface area contributed by atoms with Gasteiger partial charge in [0, 0.05) is 25.0 Å². The lowest BCUT2D eigenvalue weighted by molar-refractivity contribution is 0.171. The summed E-state index contributed by atoms with van der Waals surface area (Å²) in [6.07, 6.45) is 1.11. The van der Waals surface area contributed by atoms with Crippen LogP contribution in [0.15, 0.2) is 23.2 Å². The van der Waals surface area contributed by atoms with E-state index in [4.69, 9.17) is 9.47 Å². The number of nitrogens with zero attached hydrogens (tertiary/aromatic N) is 1. The van der Waals surface area contributed by atoms with Gasteiger partial charge in [0.25, 0.3) is 0 Å². The second kappa shape index (κ2) is 5.84. The third-order valence-corrected chi connectivity index (χ3v) is 3.92. The topological polar surface area (TPSA) is 54.9 Å². The summed E-state index contributed by atoms with van der Waals surface area (Å²) in [4.78, 5) is 4.45. The summed E-state index contributed by atoms with van der Waals surface area (Å²) in [6, 6.07) is 6.21. The molecular formula is C16H23N3O2. The first-order valence-electron chi connectivity index (χ1n) is 7.57. The van der Waals surface area contributed by atoms with Crippen LogP contribution in [0.1, 0.15) is 25.8 Å². The molecule has 2 N–H and O–H groups in total. The van der Waals surface area contributed by atoms with Crippen LogP contribution in [-0.4, -0.2) is 38.8 Å². The average molecular weight is 289 g/mol. The molecule has 0 saturated heterocycles. The third kappa shape index (κ3) is 3.23. The summed E-state index contributed by atoms with van der Waals surface area (Å²) in [5.74, 6) is 2.60. The molecule has 0 radical (unpaired) electrons. The number of aliphatic imine (C=N–C) groups is 1. The summed E-state index contributed by atoms with van der Waals surface area (Å²) in [7, 11) is 0. The Kier molecular flexibility index (Phi) is 3.90. The van der Waals surface area contributed by atoms with Gasteiger partial charge in [0.05, 0.1) is 0 Å². The van der Waals surface area contributed by atoms with E-state index < -0.39 is 0 Å². The van der Waals surface area contributed by atoms with Crippen molar-refractivity contribution in [3.8, 4) is 11.5 Å². The highest BCUT2D eigenvalue weighted by atomic mass is 16.6. The molecule has 0 unspecified atom stereocenters. The van der Waals surface area contributed by atoms with E-state index in [2.05, 4.69) is 41.6 Å². The van der Waals surface area contributed by atoms with Crippen LogP contribution in [0.5, 0.6) is 11.5 Å². The highest BCUT2D eigenvalue weighted by Gasteiger charge is 2.24. The molecule has 2 aliphatic rings. The molecule has 0 fully saturated rings. The zero-order chi connectivity index (χ0) is 14.7. The Hall–Kier alpha value is -1.91. The molecule has 114 valence electrons. The van der Waals surface area contributed by atoms with Crippen molar-refractivity contribution in [3.05, 3.63) is 23.8 Å². The van der Waals surface area contributed by atoms with Crippen LogP contribution in [0.4, 0.5) is 0 Å². The lowest BCUT2D eigenvalue weighted by Crippen LogP contribution is -2.45. The van der Waals surface area contributed by atoms with Gasteiger partial charge >= 0.3 is 0 Å². The Morgan fingerprint density at radius 3 is 2.81 bits per heavy atom. The van der Waals surface area contributed by atoms with Crippen LogP contribution in [-0.2, 0) is 5.41 Å². The van der Waals surface area contributed by atoms with Crippen LogP contribution in [0, 0.1) is 0 Å². The minimum absolute atomic E-state index is 0.0164. The van der Waals surface area contributed by atoms with Gasteiger partial charge in [0.1, 0.15) is 13.2 Å². The van der Waals surface area contributed by atoms with E-state index >= 15 is 0 Å². The van der Waals surface area contributed by atoms with E-state index in [1.807, 2.05) is 6.07 Å². The Balaban J connectivity index is 1.70. The molecule has 0 bridgehead atoms. The highest BCUT2D eigenvalue weighted by Crippen LogP contribution is 2.34. The maximum atomic E-state index is 5.67. The molecule has 2 aliphatic heterocycles. The van der Waals surface area contributed by atoms with E-state index in [0.717, 1.165) is 43.5 Å². The number of rotatable bonds is 3. The predicted octanol–water partition coefficient (Wildman–Crippen LogP) is 1.67. The first-order chi connectivity index (χ1) is 10.1. The number of nitrogens with one attached hydrogen (secondary N) is 2. The summed E-state index contributed by atoms with van der Waals surface area (Å²) in [6.45, 7) is 8.40. The van der Waals surface area contributed by atoms with Gasteiger partial charge in [-0.2, -0.15) is 0 Å². The smallest absolute Gasteiger partial charge is 0.191 e. The van der Waals surface area contributed by atoms with E-state index in [1.165, 1.54) is 5.56 Å². The zero-order valence-corrected chi connectivity index (χ0v) is 12.7. The number of ether oxygens (including phenoxy) is 2. The fraction of sp³-hybridized carbons (Fsp3) is 0.562. The Morgan fingerprint density at radius 2 is 2.05 bits per heavy atom. The van der Waals surface area contributed by atoms with Gasteiger partial charge in [-0.1, -0.05) is 19.9 Å². The van der Waals surface area contributed by atoms with Crippen LogP contribution in [0.25, 0.3) is 0 Å². The van der Waals surface area contributed by atoms with Crippen molar-refractivity contribution in [1.82, 2.24) is 10.6 Å². The van der Waals surface area contributed by atoms with Crippen LogP contribution >= 0.6 is 0 Å².